The number of nitrogens with one attached hydrogen (secondary N) is 1. The lowest BCUT2D eigenvalue weighted by atomic mass is 9.90. The molecule has 3 rings (SSSR count). The molecule has 0 saturated heterocycles. The van der Waals surface area contributed by atoms with E-state index in [1.807, 2.05) is 37.3 Å². The van der Waals surface area contributed by atoms with Gasteiger partial charge in [-0.3, -0.25) is 9.11 Å². The molecule has 0 fully saturated rings. The molecule has 1 heterocycles. The summed E-state index contributed by atoms with van der Waals surface area (Å²) in [5.41, 5.74) is 4.60. The van der Waals surface area contributed by atoms with E-state index in [-0.39, 0.29) is 10.6 Å². The summed E-state index contributed by atoms with van der Waals surface area (Å²) in [4.78, 5) is 0. The van der Waals surface area contributed by atoms with Crippen LogP contribution in [-0.2, 0) is 6.42 Å². The van der Waals surface area contributed by atoms with Gasteiger partial charge in [-0.2, -0.15) is 10.6 Å². The quantitative estimate of drug-likeness (QED) is 0.636. The molecule has 0 saturated carbocycles. The number of anilines is 1. The molecule has 3 atom stereocenters. The molecular formula is C20H27NO2S. The second-order valence-corrected chi connectivity index (χ2v) is 9.25. The van der Waals surface area contributed by atoms with Gasteiger partial charge in [0.1, 0.15) is 5.37 Å². The third-order valence-electron chi connectivity index (χ3n) is 5.18. The highest BCUT2D eigenvalue weighted by molar-refractivity contribution is 8.25. The lowest BCUT2D eigenvalue weighted by Gasteiger charge is -2.48. The molecule has 2 aromatic rings. The Hall–Kier alpha value is -1.49. The Morgan fingerprint density at radius 3 is 2.50 bits per heavy atom. The maximum absolute atomic E-state index is 11.0. The van der Waals surface area contributed by atoms with Gasteiger partial charge in [-0.1, -0.05) is 62.4 Å². The first-order chi connectivity index (χ1) is 11.4. The van der Waals surface area contributed by atoms with Gasteiger partial charge >= 0.3 is 0 Å². The smallest absolute Gasteiger partial charge is 0.118 e. The molecule has 0 radical (unpaired) electrons. The first-order valence-corrected chi connectivity index (χ1v) is 10.3. The highest BCUT2D eigenvalue weighted by Crippen LogP contribution is 2.60. The van der Waals surface area contributed by atoms with Crippen LogP contribution in [0.5, 0.6) is 0 Å². The van der Waals surface area contributed by atoms with Crippen LogP contribution in [-0.4, -0.2) is 14.5 Å². The Balaban J connectivity index is 1.92. The Labute approximate surface area is 146 Å². The molecule has 130 valence electrons. The Morgan fingerprint density at radius 2 is 1.83 bits per heavy atom. The summed E-state index contributed by atoms with van der Waals surface area (Å²) in [6, 6.07) is 16.1. The van der Waals surface area contributed by atoms with Crippen molar-refractivity contribution >= 4 is 16.3 Å². The highest BCUT2D eigenvalue weighted by atomic mass is 32.3. The van der Waals surface area contributed by atoms with Crippen LogP contribution >= 0.6 is 10.6 Å². The molecule has 3 nitrogen and oxygen atoms in total. The summed E-state index contributed by atoms with van der Waals surface area (Å²) in [5.74, 6) is 0.312. The topological polar surface area (TPSA) is 52.5 Å². The molecule has 0 amide bonds. The van der Waals surface area contributed by atoms with Crippen LogP contribution in [0.25, 0.3) is 0 Å². The van der Waals surface area contributed by atoms with Crippen LogP contribution < -0.4 is 5.32 Å². The monoisotopic (exact) mass is 345 g/mol. The van der Waals surface area contributed by atoms with Crippen molar-refractivity contribution in [3.05, 3.63) is 65.2 Å². The zero-order valence-electron chi connectivity index (χ0n) is 14.6. The van der Waals surface area contributed by atoms with E-state index in [0.717, 1.165) is 24.1 Å². The minimum atomic E-state index is -2.83. The summed E-state index contributed by atoms with van der Waals surface area (Å²) in [7, 11) is -2.83. The molecule has 0 bridgehead atoms. The zero-order chi connectivity index (χ0) is 17.3. The Morgan fingerprint density at radius 1 is 1.12 bits per heavy atom. The summed E-state index contributed by atoms with van der Waals surface area (Å²) in [6.45, 7) is 6.23. The van der Waals surface area contributed by atoms with Crippen LogP contribution in [0.3, 0.4) is 0 Å². The van der Waals surface area contributed by atoms with Gasteiger partial charge < -0.3 is 5.32 Å². The Bertz CT molecular complexity index is 702. The predicted molar refractivity (Wildman–Crippen MR) is 104 cm³/mol. The Kier molecular flexibility index (Phi) is 4.90. The summed E-state index contributed by atoms with van der Waals surface area (Å²) in [5, 5.41) is 2.87. The largest absolute Gasteiger partial charge is 0.365 e. The maximum atomic E-state index is 11.0. The van der Waals surface area contributed by atoms with Gasteiger partial charge in [0, 0.05) is 5.69 Å². The SMILES string of the molecule is CCc1cccc2c1NC(S(O)(O)C(C)c1ccccc1)CC2C. The third-order valence-corrected chi connectivity index (χ3v) is 7.64. The number of benzene rings is 2. The second kappa shape index (κ2) is 6.79. The van der Waals surface area contributed by atoms with Crippen LogP contribution in [0.2, 0.25) is 0 Å². The van der Waals surface area contributed by atoms with Crippen molar-refractivity contribution in [2.45, 2.75) is 50.2 Å². The molecular weight excluding hydrogens is 318 g/mol. The maximum Gasteiger partial charge on any atom is 0.118 e. The molecule has 0 aromatic heterocycles. The van der Waals surface area contributed by atoms with Crippen LogP contribution in [0.1, 0.15) is 55.1 Å². The van der Waals surface area contributed by atoms with E-state index in [2.05, 4.69) is 37.4 Å². The minimum absolute atomic E-state index is 0.293. The van der Waals surface area contributed by atoms with Crippen molar-refractivity contribution < 1.29 is 9.11 Å². The van der Waals surface area contributed by atoms with E-state index < -0.39 is 10.6 Å². The average molecular weight is 346 g/mol. The number of hydrogen-bond donors (Lipinski definition) is 3. The second-order valence-electron chi connectivity index (χ2n) is 6.70. The number of para-hydroxylation sites is 1. The van der Waals surface area contributed by atoms with E-state index in [9.17, 15) is 9.11 Å². The number of aryl methyl sites for hydroxylation is 1. The van der Waals surface area contributed by atoms with Crippen molar-refractivity contribution in [1.29, 1.82) is 0 Å². The molecule has 0 aliphatic carbocycles. The highest BCUT2D eigenvalue weighted by Gasteiger charge is 2.37. The van der Waals surface area contributed by atoms with Crippen molar-refractivity contribution in [1.82, 2.24) is 0 Å². The van der Waals surface area contributed by atoms with E-state index in [4.69, 9.17) is 0 Å². The molecule has 2 aromatic carbocycles. The van der Waals surface area contributed by atoms with Crippen molar-refractivity contribution in [3.63, 3.8) is 0 Å². The fraction of sp³-hybridized carbons (Fsp3) is 0.400. The molecule has 1 aliphatic heterocycles. The van der Waals surface area contributed by atoms with Gasteiger partial charge in [0.15, 0.2) is 0 Å². The molecule has 0 spiro atoms. The summed E-state index contributed by atoms with van der Waals surface area (Å²) >= 11 is 0. The van der Waals surface area contributed by atoms with E-state index in [1.54, 1.807) is 0 Å². The third kappa shape index (κ3) is 3.06. The zero-order valence-corrected chi connectivity index (χ0v) is 15.4. The van der Waals surface area contributed by atoms with Gasteiger partial charge in [0.2, 0.25) is 0 Å². The first kappa shape index (κ1) is 17.3. The van der Waals surface area contributed by atoms with E-state index in [1.165, 1.54) is 11.1 Å². The summed E-state index contributed by atoms with van der Waals surface area (Å²) < 4.78 is 22.1. The molecule has 4 heteroatoms. The van der Waals surface area contributed by atoms with E-state index in [0.29, 0.717) is 5.92 Å². The standard InChI is InChI=1S/C20H27NO2S/c1-4-16-11-8-12-18-14(2)13-19(21-20(16)18)24(22,23)15(3)17-9-6-5-7-10-17/h5-12,14-15,19,21-23H,4,13H2,1-3H3. The first-order valence-electron chi connectivity index (χ1n) is 8.64. The predicted octanol–water partition coefficient (Wildman–Crippen LogP) is 6.01. The molecule has 24 heavy (non-hydrogen) atoms. The molecule has 3 unspecified atom stereocenters. The average Bonchev–Trinajstić information content (AvgIpc) is 2.61. The van der Waals surface area contributed by atoms with Gasteiger partial charge in [-0.15, -0.1) is 0 Å². The lowest BCUT2D eigenvalue weighted by Crippen LogP contribution is -2.34. The van der Waals surface area contributed by atoms with Crippen LogP contribution in [0.4, 0.5) is 5.69 Å². The number of rotatable bonds is 4. The van der Waals surface area contributed by atoms with Crippen molar-refractivity contribution in [2.75, 3.05) is 5.32 Å². The van der Waals surface area contributed by atoms with Gasteiger partial charge in [-0.05, 0) is 42.4 Å². The minimum Gasteiger partial charge on any atom is -0.365 e. The lowest BCUT2D eigenvalue weighted by molar-refractivity contribution is 0.450. The van der Waals surface area contributed by atoms with Gasteiger partial charge in [0.25, 0.3) is 0 Å². The number of hydrogen-bond acceptors (Lipinski definition) is 3. The molecule has 3 N–H and O–H groups in total. The van der Waals surface area contributed by atoms with Crippen molar-refractivity contribution in [3.8, 4) is 0 Å². The van der Waals surface area contributed by atoms with Gasteiger partial charge in [-0.25, -0.2) is 0 Å². The number of fused-ring (bicyclic) bond motifs is 1. The fourth-order valence-electron chi connectivity index (χ4n) is 3.57. The normalized spacial score (nSPS) is 22.4. The van der Waals surface area contributed by atoms with Gasteiger partial charge in [0.05, 0.1) is 5.25 Å². The van der Waals surface area contributed by atoms with Crippen LogP contribution in [0, 0.1) is 0 Å². The van der Waals surface area contributed by atoms with E-state index >= 15 is 0 Å². The van der Waals surface area contributed by atoms with Crippen molar-refractivity contribution in [2.24, 2.45) is 0 Å². The fourth-order valence-corrected chi connectivity index (χ4v) is 5.48. The molecule has 1 aliphatic rings. The van der Waals surface area contributed by atoms with Crippen LogP contribution in [0.15, 0.2) is 48.5 Å². The summed E-state index contributed by atoms with van der Waals surface area (Å²) in [6.07, 6.45) is 1.67.